The molecule has 0 spiro atoms. The lowest BCUT2D eigenvalue weighted by atomic mass is 10.1. The molecule has 1 unspecified atom stereocenters. The van der Waals surface area contributed by atoms with Gasteiger partial charge in [-0.3, -0.25) is 4.79 Å². The molecule has 2 heterocycles. The van der Waals surface area contributed by atoms with Gasteiger partial charge in [0.1, 0.15) is 4.21 Å². The zero-order valence-corrected chi connectivity index (χ0v) is 11.9. The standard InChI is InChI=1S/C11H15NO4S2/c1-8-3-4-10(17-8)18(14,15)12-6-5-9(7-12)11(13)16-2/h3-4,9H,5-7H2,1-2H3. The van der Waals surface area contributed by atoms with Crippen LogP contribution in [0.2, 0.25) is 0 Å². The van der Waals surface area contributed by atoms with Crippen molar-refractivity contribution in [1.82, 2.24) is 4.31 Å². The molecule has 2 rings (SSSR count). The fraction of sp³-hybridized carbons (Fsp3) is 0.545. The Morgan fingerprint density at radius 2 is 2.22 bits per heavy atom. The minimum Gasteiger partial charge on any atom is -0.469 e. The Bertz CT molecular complexity index is 549. The van der Waals surface area contributed by atoms with Crippen molar-refractivity contribution in [3.8, 4) is 0 Å². The lowest BCUT2D eigenvalue weighted by molar-refractivity contribution is -0.144. The predicted octanol–water partition coefficient (Wildman–Crippen LogP) is 1.24. The van der Waals surface area contributed by atoms with Gasteiger partial charge in [0.15, 0.2) is 0 Å². The van der Waals surface area contributed by atoms with Gasteiger partial charge >= 0.3 is 5.97 Å². The first-order chi connectivity index (χ1) is 8.45. The van der Waals surface area contributed by atoms with E-state index < -0.39 is 10.0 Å². The molecule has 0 bridgehead atoms. The molecule has 1 saturated heterocycles. The Morgan fingerprint density at radius 1 is 1.50 bits per heavy atom. The number of ether oxygens (including phenoxy) is 1. The molecule has 0 aliphatic carbocycles. The van der Waals surface area contributed by atoms with E-state index in [4.69, 9.17) is 0 Å². The van der Waals surface area contributed by atoms with Gasteiger partial charge in [0.05, 0.1) is 13.0 Å². The van der Waals surface area contributed by atoms with Gasteiger partial charge in [-0.05, 0) is 25.5 Å². The van der Waals surface area contributed by atoms with Crippen molar-refractivity contribution in [2.24, 2.45) is 5.92 Å². The Labute approximate surface area is 110 Å². The maximum absolute atomic E-state index is 12.3. The van der Waals surface area contributed by atoms with E-state index in [0.29, 0.717) is 17.2 Å². The van der Waals surface area contributed by atoms with Gasteiger partial charge < -0.3 is 4.74 Å². The van der Waals surface area contributed by atoms with Gasteiger partial charge in [0.25, 0.3) is 10.0 Å². The molecule has 1 fully saturated rings. The molecule has 0 amide bonds. The molecule has 7 heteroatoms. The van der Waals surface area contributed by atoms with Crippen molar-refractivity contribution >= 4 is 27.3 Å². The van der Waals surface area contributed by atoms with Crippen LogP contribution in [-0.4, -0.2) is 38.9 Å². The normalized spacial score (nSPS) is 21.1. The first kappa shape index (κ1) is 13.5. The quantitative estimate of drug-likeness (QED) is 0.785. The van der Waals surface area contributed by atoms with Crippen LogP contribution in [0.25, 0.3) is 0 Å². The second kappa shape index (κ2) is 4.99. The highest BCUT2D eigenvalue weighted by atomic mass is 32.2. The summed E-state index contributed by atoms with van der Waals surface area (Å²) in [7, 11) is -2.13. The number of carbonyl (C=O) groups is 1. The van der Waals surface area contributed by atoms with Crippen LogP contribution in [0.15, 0.2) is 16.3 Å². The molecule has 0 radical (unpaired) electrons. The molecular formula is C11H15NO4S2. The molecule has 0 saturated carbocycles. The van der Waals surface area contributed by atoms with Gasteiger partial charge in [0.2, 0.25) is 0 Å². The number of carbonyl (C=O) groups excluding carboxylic acids is 1. The molecule has 100 valence electrons. The van der Waals surface area contributed by atoms with E-state index in [-0.39, 0.29) is 18.4 Å². The first-order valence-electron chi connectivity index (χ1n) is 5.59. The Balaban J connectivity index is 2.16. The summed E-state index contributed by atoms with van der Waals surface area (Å²) >= 11 is 1.25. The number of aryl methyl sites for hydroxylation is 1. The molecule has 0 N–H and O–H groups in total. The van der Waals surface area contributed by atoms with Gasteiger partial charge in [-0.25, -0.2) is 8.42 Å². The molecular weight excluding hydrogens is 274 g/mol. The minimum absolute atomic E-state index is 0.214. The molecule has 0 aromatic carbocycles. The number of thiophene rings is 1. The summed E-state index contributed by atoms with van der Waals surface area (Å²) in [6.45, 7) is 2.45. The Kier molecular flexibility index (Phi) is 3.74. The van der Waals surface area contributed by atoms with Crippen molar-refractivity contribution in [2.45, 2.75) is 17.6 Å². The van der Waals surface area contributed by atoms with Crippen LogP contribution < -0.4 is 0 Å². The highest BCUT2D eigenvalue weighted by Gasteiger charge is 2.36. The van der Waals surface area contributed by atoms with E-state index in [2.05, 4.69) is 4.74 Å². The van der Waals surface area contributed by atoms with E-state index in [0.717, 1.165) is 4.88 Å². The largest absolute Gasteiger partial charge is 0.469 e. The number of esters is 1. The van der Waals surface area contributed by atoms with Crippen LogP contribution in [0.5, 0.6) is 0 Å². The zero-order chi connectivity index (χ0) is 13.3. The van der Waals surface area contributed by atoms with E-state index in [1.807, 2.05) is 6.92 Å². The number of hydrogen-bond acceptors (Lipinski definition) is 5. The lowest BCUT2D eigenvalue weighted by Crippen LogP contribution is -2.29. The van der Waals surface area contributed by atoms with E-state index in [1.165, 1.54) is 22.8 Å². The minimum atomic E-state index is -3.45. The van der Waals surface area contributed by atoms with Gasteiger partial charge in [0, 0.05) is 18.0 Å². The van der Waals surface area contributed by atoms with Crippen LogP contribution in [0.4, 0.5) is 0 Å². The highest BCUT2D eigenvalue weighted by Crippen LogP contribution is 2.28. The number of hydrogen-bond donors (Lipinski definition) is 0. The zero-order valence-electron chi connectivity index (χ0n) is 10.3. The molecule has 1 aromatic rings. The van der Waals surface area contributed by atoms with Crippen LogP contribution in [0, 0.1) is 12.8 Å². The highest BCUT2D eigenvalue weighted by molar-refractivity contribution is 7.91. The maximum Gasteiger partial charge on any atom is 0.310 e. The molecule has 1 atom stereocenters. The van der Waals surface area contributed by atoms with Crippen molar-refractivity contribution in [1.29, 1.82) is 0 Å². The van der Waals surface area contributed by atoms with Crippen molar-refractivity contribution < 1.29 is 17.9 Å². The summed E-state index contributed by atoms with van der Waals surface area (Å²) in [5.74, 6) is -0.680. The molecule has 5 nitrogen and oxygen atoms in total. The summed E-state index contributed by atoms with van der Waals surface area (Å²) < 4.78 is 30.9. The van der Waals surface area contributed by atoms with E-state index in [9.17, 15) is 13.2 Å². The number of rotatable bonds is 3. The van der Waals surface area contributed by atoms with Crippen LogP contribution >= 0.6 is 11.3 Å². The molecule has 1 aliphatic heterocycles. The number of sulfonamides is 1. The third-order valence-corrected chi connectivity index (χ3v) is 6.33. The smallest absolute Gasteiger partial charge is 0.310 e. The van der Waals surface area contributed by atoms with Crippen molar-refractivity contribution in [3.05, 3.63) is 17.0 Å². The predicted molar refractivity (Wildman–Crippen MR) is 67.9 cm³/mol. The Hall–Kier alpha value is -0.920. The topological polar surface area (TPSA) is 63.7 Å². The van der Waals surface area contributed by atoms with Gasteiger partial charge in [-0.1, -0.05) is 0 Å². The molecule has 1 aromatic heterocycles. The average molecular weight is 289 g/mol. The second-order valence-electron chi connectivity index (χ2n) is 4.24. The summed E-state index contributed by atoms with van der Waals surface area (Å²) in [5, 5.41) is 0. The van der Waals surface area contributed by atoms with E-state index in [1.54, 1.807) is 12.1 Å². The summed E-state index contributed by atoms with van der Waals surface area (Å²) in [6, 6.07) is 3.40. The molecule has 1 aliphatic rings. The number of methoxy groups -OCH3 is 1. The second-order valence-corrected chi connectivity index (χ2v) is 7.69. The maximum atomic E-state index is 12.3. The van der Waals surface area contributed by atoms with Gasteiger partial charge in [-0.2, -0.15) is 4.31 Å². The summed E-state index contributed by atoms with van der Waals surface area (Å²) in [5.41, 5.74) is 0. The SMILES string of the molecule is COC(=O)C1CCN(S(=O)(=O)c2ccc(C)s2)C1. The third-order valence-electron chi connectivity index (χ3n) is 3.00. The summed E-state index contributed by atoms with van der Waals surface area (Å²) in [4.78, 5) is 12.3. The Morgan fingerprint density at radius 3 is 2.78 bits per heavy atom. The monoisotopic (exact) mass is 289 g/mol. The lowest BCUT2D eigenvalue weighted by Gasteiger charge is -2.14. The average Bonchev–Trinajstić information content (AvgIpc) is 2.96. The summed E-state index contributed by atoms with van der Waals surface area (Å²) in [6.07, 6.45) is 0.524. The van der Waals surface area contributed by atoms with E-state index >= 15 is 0 Å². The van der Waals surface area contributed by atoms with Gasteiger partial charge in [-0.15, -0.1) is 11.3 Å². The number of nitrogens with zero attached hydrogens (tertiary/aromatic N) is 1. The van der Waals surface area contributed by atoms with Crippen molar-refractivity contribution in [3.63, 3.8) is 0 Å². The molecule has 18 heavy (non-hydrogen) atoms. The fourth-order valence-corrected chi connectivity index (χ4v) is 4.92. The third kappa shape index (κ3) is 2.43. The van der Waals surface area contributed by atoms with Crippen molar-refractivity contribution in [2.75, 3.05) is 20.2 Å². The fourth-order valence-electron chi connectivity index (χ4n) is 1.98. The van der Waals surface area contributed by atoms with Crippen LogP contribution in [0.3, 0.4) is 0 Å². The first-order valence-corrected chi connectivity index (χ1v) is 7.85. The van der Waals surface area contributed by atoms with Crippen LogP contribution in [-0.2, 0) is 19.6 Å². The van der Waals surface area contributed by atoms with Crippen LogP contribution in [0.1, 0.15) is 11.3 Å².